The van der Waals surface area contributed by atoms with Gasteiger partial charge in [-0.1, -0.05) is 26.7 Å². The second-order valence-corrected chi connectivity index (χ2v) is 6.83. The van der Waals surface area contributed by atoms with Crippen molar-refractivity contribution in [2.45, 2.75) is 58.3 Å². The summed E-state index contributed by atoms with van der Waals surface area (Å²) in [7, 11) is 0. The van der Waals surface area contributed by atoms with Gasteiger partial charge in [-0.25, -0.2) is 0 Å². The molecule has 0 unspecified atom stereocenters. The third kappa shape index (κ3) is 4.11. The summed E-state index contributed by atoms with van der Waals surface area (Å²) in [5.74, 6) is 1.90. The molecule has 25 heavy (non-hydrogen) atoms. The molecule has 0 atom stereocenters. The molecule has 0 aromatic carbocycles. The second kappa shape index (κ2) is 8.32. The SMILES string of the molecule is CCCC(CCC)C(=O)N1CCC(c2nnc(-c3ccoc3)o2)CC1. The van der Waals surface area contributed by atoms with Crippen molar-refractivity contribution in [2.24, 2.45) is 5.92 Å². The van der Waals surface area contributed by atoms with E-state index in [-0.39, 0.29) is 11.8 Å². The predicted molar refractivity (Wildman–Crippen MR) is 93.9 cm³/mol. The Labute approximate surface area is 148 Å². The molecule has 6 heteroatoms. The average Bonchev–Trinajstić information content (AvgIpc) is 3.32. The first-order valence-electron chi connectivity index (χ1n) is 9.37. The van der Waals surface area contributed by atoms with E-state index in [1.807, 2.05) is 4.90 Å². The molecular weight excluding hydrogens is 318 g/mol. The van der Waals surface area contributed by atoms with Crippen LogP contribution in [0, 0.1) is 5.92 Å². The number of piperidine rings is 1. The Balaban J connectivity index is 1.57. The van der Waals surface area contributed by atoms with Gasteiger partial charge in [-0.15, -0.1) is 10.2 Å². The zero-order valence-electron chi connectivity index (χ0n) is 15.1. The fourth-order valence-corrected chi connectivity index (χ4v) is 3.60. The van der Waals surface area contributed by atoms with Gasteiger partial charge in [0.25, 0.3) is 5.89 Å². The highest BCUT2D eigenvalue weighted by molar-refractivity contribution is 5.78. The molecule has 136 valence electrons. The van der Waals surface area contributed by atoms with Crippen LogP contribution in [-0.2, 0) is 4.79 Å². The monoisotopic (exact) mass is 345 g/mol. The van der Waals surface area contributed by atoms with E-state index in [0.29, 0.717) is 17.7 Å². The summed E-state index contributed by atoms with van der Waals surface area (Å²) in [5, 5.41) is 8.31. The molecule has 2 aromatic heterocycles. The van der Waals surface area contributed by atoms with Gasteiger partial charge in [0.2, 0.25) is 11.8 Å². The summed E-state index contributed by atoms with van der Waals surface area (Å²) in [6, 6.07) is 1.81. The van der Waals surface area contributed by atoms with Gasteiger partial charge >= 0.3 is 0 Å². The molecule has 6 nitrogen and oxygen atoms in total. The minimum Gasteiger partial charge on any atom is -0.472 e. The molecule has 0 radical (unpaired) electrons. The van der Waals surface area contributed by atoms with E-state index in [2.05, 4.69) is 24.0 Å². The highest BCUT2D eigenvalue weighted by Crippen LogP contribution is 2.30. The number of likely N-dealkylation sites (tertiary alicyclic amines) is 1. The van der Waals surface area contributed by atoms with Gasteiger partial charge in [-0.3, -0.25) is 4.79 Å². The van der Waals surface area contributed by atoms with Gasteiger partial charge in [0.15, 0.2) is 0 Å². The van der Waals surface area contributed by atoms with Crippen molar-refractivity contribution < 1.29 is 13.6 Å². The van der Waals surface area contributed by atoms with Crippen LogP contribution in [0.15, 0.2) is 27.4 Å². The van der Waals surface area contributed by atoms with Gasteiger partial charge in [-0.2, -0.15) is 0 Å². The Morgan fingerprint density at radius 1 is 1.24 bits per heavy atom. The standard InChI is InChI=1S/C19H27N3O3/c1-3-5-15(6-4-2)19(23)22-10-7-14(8-11-22)17-20-21-18(25-17)16-9-12-24-13-16/h9,12-15H,3-8,10-11H2,1-2H3. The Morgan fingerprint density at radius 2 is 1.96 bits per heavy atom. The molecule has 0 aliphatic carbocycles. The van der Waals surface area contributed by atoms with Crippen molar-refractivity contribution in [1.29, 1.82) is 0 Å². The number of amides is 1. The fraction of sp³-hybridized carbons (Fsp3) is 0.632. The molecule has 0 spiro atoms. The van der Waals surface area contributed by atoms with Crippen molar-refractivity contribution >= 4 is 5.91 Å². The smallest absolute Gasteiger partial charge is 0.250 e. The lowest BCUT2D eigenvalue weighted by molar-refractivity contribution is -0.137. The number of hydrogen-bond donors (Lipinski definition) is 0. The molecule has 1 fully saturated rings. The lowest BCUT2D eigenvalue weighted by atomic mass is 9.92. The molecule has 3 rings (SSSR count). The predicted octanol–water partition coefficient (Wildman–Crippen LogP) is 4.25. The third-order valence-electron chi connectivity index (χ3n) is 4.99. The van der Waals surface area contributed by atoms with E-state index in [1.165, 1.54) is 0 Å². The topological polar surface area (TPSA) is 72.4 Å². The van der Waals surface area contributed by atoms with Crippen LogP contribution >= 0.6 is 0 Å². The molecule has 0 bridgehead atoms. The summed E-state index contributed by atoms with van der Waals surface area (Å²) >= 11 is 0. The van der Waals surface area contributed by atoms with Crippen LogP contribution in [0.2, 0.25) is 0 Å². The number of carbonyl (C=O) groups is 1. The van der Waals surface area contributed by atoms with E-state index in [9.17, 15) is 4.79 Å². The molecule has 2 aromatic rings. The molecule has 1 aliphatic rings. The van der Waals surface area contributed by atoms with E-state index in [4.69, 9.17) is 8.83 Å². The lowest BCUT2D eigenvalue weighted by Gasteiger charge is -2.33. The minimum atomic E-state index is 0.183. The highest BCUT2D eigenvalue weighted by Gasteiger charge is 2.30. The highest BCUT2D eigenvalue weighted by atomic mass is 16.4. The van der Waals surface area contributed by atoms with Crippen molar-refractivity contribution in [3.8, 4) is 11.5 Å². The number of nitrogens with zero attached hydrogens (tertiary/aromatic N) is 3. The number of furan rings is 1. The van der Waals surface area contributed by atoms with Crippen LogP contribution in [0.25, 0.3) is 11.5 Å². The first-order valence-corrected chi connectivity index (χ1v) is 9.37. The minimum absolute atomic E-state index is 0.183. The largest absolute Gasteiger partial charge is 0.472 e. The van der Waals surface area contributed by atoms with Crippen LogP contribution in [0.4, 0.5) is 0 Å². The van der Waals surface area contributed by atoms with Gasteiger partial charge in [-0.05, 0) is 31.7 Å². The van der Waals surface area contributed by atoms with Crippen LogP contribution in [0.5, 0.6) is 0 Å². The summed E-state index contributed by atoms with van der Waals surface area (Å²) < 4.78 is 10.9. The Bertz CT molecular complexity index is 651. The van der Waals surface area contributed by atoms with Crippen molar-refractivity contribution in [2.75, 3.05) is 13.1 Å². The number of hydrogen-bond acceptors (Lipinski definition) is 5. The first-order chi connectivity index (χ1) is 12.2. The van der Waals surface area contributed by atoms with E-state index in [1.54, 1.807) is 18.6 Å². The number of rotatable bonds is 7. The van der Waals surface area contributed by atoms with Crippen molar-refractivity contribution in [1.82, 2.24) is 15.1 Å². The van der Waals surface area contributed by atoms with Crippen molar-refractivity contribution in [3.05, 3.63) is 24.5 Å². The third-order valence-corrected chi connectivity index (χ3v) is 4.99. The van der Waals surface area contributed by atoms with Crippen molar-refractivity contribution in [3.63, 3.8) is 0 Å². The Hall–Kier alpha value is -2.11. The molecule has 0 saturated carbocycles. The zero-order valence-corrected chi connectivity index (χ0v) is 15.1. The molecule has 1 amide bonds. The second-order valence-electron chi connectivity index (χ2n) is 6.83. The van der Waals surface area contributed by atoms with Gasteiger partial charge in [0.05, 0.1) is 11.8 Å². The van der Waals surface area contributed by atoms with E-state index < -0.39 is 0 Å². The van der Waals surface area contributed by atoms with Gasteiger partial charge in [0, 0.05) is 24.9 Å². The maximum Gasteiger partial charge on any atom is 0.250 e. The zero-order chi connectivity index (χ0) is 17.6. The van der Waals surface area contributed by atoms with Crippen LogP contribution in [-0.4, -0.2) is 34.1 Å². The van der Waals surface area contributed by atoms with E-state index >= 15 is 0 Å². The lowest BCUT2D eigenvalue weighted by Crippen LogP contribution is -2.41. The quantitative estimate of drug-likeness (QED) is 0.750. The van der Waals surface area contributed by atoms with Crippen LogP contribution in [0.1, 0.15) is 64.2 Å². The Morgan fingerprint density at radius 3 is 2.56 bits per heavy atom. The summed E-state index contributed by atoms with van der Waals surface area (Å²) in [6.45, 7) is 5.85. The molecule has 1 saturated heterocycles. The van der Waals surface area contributed by atoms with Gasteiger partial charge < -0.3 is 13.7 Å². The normalized spacial score (nSPS) is 15.9. The maximum atomic E-state index is 12.7. The summed E-state index contributed by atoms with van der Waals surface area (Å²) in [5.41, 5.74) is 0.799. The first kappa shape index (κ1) is 17.7. The van der Waals surface area contributed by atoms with Gasteiger partial charge in [0.1, 0.15) is 6.26 Å². The fourth-order valence-electron chi connectivity index (χ4n) is 3.60. The number of carbonyl (C=O) groups excluding carboxylic acids is 1. The average molecular weight is 345 g/mol. The molecule has 1 aliphatic heterocycles. The van der Waals surface area contributed by atoms with E-state index in [0.717, 1.165) is 57.2 Å². The number of aromatic nitrogens is 2. The molecule has 3 heterocycles. The summed E-state index contributed by atoms with van der Waals surface area (Å²) in [4.78, 5) is 14.8. The molecular formula is C19H27N3O3. The Kier molecular flexibility index (Phi) is 5.89. The maximum absolute atomic E-state index is 12.7. The summed E-state index contributed by atoms with van der Waals surface area (Å²) in [6.07, 6.45) is 9.05. The van der Waals surface area contributed by atoms with Crippen LogP contribution in [0.3, 0.4) is 0 Å². The molecule has 0 N–H and O–H groups in total. The van der Waals surface area contributed by atoms with Crippen LogP contribution < -0.4 is 0 Å².